The molecule has 23 heavy (non-hydrogen) atoms. The Bertz CT molecular complexity index is 753. The highest BCUT2D eigenvalue weighted by Crippen LogP contribution is 2.21. The van der Waals surface area contributed by atoms with Gasteiger partial charge in [-0.05, 0) is 35.4 Å². The van der Waals surface area contributed by atoms with Gasteiger partial charge in [0.25, 0.3) is 5.91 Å². The minimum atomic E-state index is -0.179. The number of nitrogens with one attached hydrogen (secondary N) is 1. The van der Waals surface area contributed by atoms with E-state index in [1.54, 1.807) is 0 Å². The van der Waals surface area contributed by atoms with Gasteiger partial charge in [-0.25, -0.2) is 0 Å². The summed E-state index contributed by atoms with van der Waals surface area (Å²) in [5.41, 5.74) is 3.02. The summed E-state index contributed by atoms with van der Waals surface area (Å²) in [5.74, 6) is 0.503. The van der Waals surface area contributed by atoms with Crippen LogP contribution in [0.1, 0.15) is 0 Å². The van der Waals surface area contributed by atoms with Gasteiger partial charge in [-0.1, -0.05) is 60.7 Å². The monoisotopic (exact) mass is 303 g/mol. The van der Waals surface area contributed by atoms with Crippen molar-refractivity contribution in [3.05, 3.63) is 84.9 Å². The summed E-state index contributed by atoms with van der Waals surface area (Å²) < 4.78 is 5.42. The number of hydrogen-bond acceptors (Lipinski definition) is 2. The van der Waals surface area contributed by atoms with Gasteiger partial charge in [0.15, 0.2) is 6.61 Å². The SMILES string of the molecule is O=C(COc1ccccc1)Nc1ccc(-c2ccccc2)cc1. The van der Waals surface area contributed by atoms with Crippen molar-refractivity contribution in [1.29, 1.82) is 0 Å². The number of amides is 1. The van der Waals surface area contributed by atoms with E-state index < -0.39 is 0 Å². The number of para-hydroxylation sites is 1. The van der Waals surface area contributed by atoms with Gasteiger partial charge in [-0.15, -0.1) is 0 Å². The van der Waals surface area contributed by atoms with Crippen molar-refractivity contribution in [2.75, 3.05) is 11.9 Å². The van der Waals surface area contributed by atoms with Gasteiger partial charge in [-0.2, -0.15) is 0 Å². The fourth-order valence-electron chi connectivity index (χ4n) is 2.24. The molecule has 0 atom stereocenters. The van der Waals surface area contributed by atoms with E-state index in [1.165, 1.54) is 0 Å². The zero-order valence-electron chi connectivity index (χ0n) is 12.6. The van der Waals surface area contributed by atoms with Crippen molar-refractivity contribution in [2.45, 2.75) is 0 Å². The highest BCUT2D eigenvalue weighted by atomic mass is 16.5. The van der Waals surface area contributed by atoms with Gasteiger partial charge in [0, 0.05) is 5.69 Å². The molecule has 0 aliphatic heterocycles. The molecule has 0 aliphatic carbocycles. The second-order valence-corrected chi connectivity index (χ2v) is 5.09. The molecule has 0 aromatic heterocycles. The van der Waals surface area contributed by atoms with Crippen molar-refractivity contribution in [1.82, 2.24) is 0 Å². The molecule has 3 nitrogen and oxygen atoms in total. The molecule has 3 aromatic carbocycles. The molecule has 3 rings (SSSR count). The van der Waals surface area contributed by atoms with Gasteiger partial charge in [0.2, 0.25) is 0 Å². The summed E-state index contributed by atoms with van der Waals surface area (Å²) in [6.45, 7) is -0.00947. The van der Waals surface area contributed by atoms with Crippen LogP contribution in [0.3, 0.4) is 0 Å². The van der Waals surface area contributed by atoms with Gasteiger partial charge in [0.05, 0.1) is 0 Å². The van der Waals surface area contributed by atoms with Gasteiger partial charge in [0.1, 0.15) is 5.75 Å². The highest BCUT2D eigenvalue weighted by Gasteiger charge is 2.04. The van der Waals surface area contributed by atoms with E-state index in [0.29, 0.717) is 5.75 Å². The van der Waals surface area contributed by atoms with Crippen molar-refractivity contribution < 1.29 is 9.53 Å². The average Bonchev–Trinajstić information content (AvgIpc) is 2.62. The summed E-state index contributed by atoms with van der Waals surface area (Å²) in [7, 11) is 0. The molecule has 0 aliphatic rings. The van der Waals surface area contributed by atoms with Crippen LogP contribution in [0.2, 0.25) is 0 Å². The number of benzene rings is 3. The minimum Gasteiger partial charge on any atom is -0.484 e. The predicted molar refractivity (Wildman–Crippen MR) is 92.4 cm³/mol. The van der Waals surface area contributed by atoms with Crippen LogP contribution >= 0.6 is 0 Å². The Morgan fingerprint density at radius 3 is 1.96 bits per heavy atom. The van der Waals surface area contributed by atoms with E-state index in [9.17, 15) is 4.79 Å². The second kappa shape index (κ2) is 7.27. The maximum absolute atomic E-state index is 11.9. The summed E-state index contributed by atoms with van der Waals surface area (Å²) >= 11 is 0. The largest absolute Gasteiger partial charge is 0.484 e. The van der Waals surface area contributed by atoms with Gasteiger partial charge >= 0.3 is 0 Å². The molecule has 1 amide bonds. The molecule has 0 spiro atoms. The number of hydrogen-bond donors (Lipinski definition) is 1. The molecule has 0 fully saturated rings. The van der Waals surface area contributed by atoms with E-state index >= 15 is 0 Å². The normalized spacial score (nSPS) is 10.1. The Labute approximate surface area is 135 Å². The van der Waals surface area contributed by atoms with Crippen LogP contribution in [-0.4, -0.2) is 12.5 Å². The number of carbonyl (C=O) groups is 1. The first-order valence-electron chi connectivity index (χ1n) is 7.44. The molecular weight excluding hydrogens is 286 g/mol. The molecule has 114 valence electrons. The standard InChI is InChI=1S/C20H17NO2/c22-20(15-23-19-9-5-2-6-10-19)21-18-13-11-17(12-14-18)16-7-3-1-4-8-16/h1-14H,15H2,(H,21,22). The van der Waals surface area contributed by atoms with Crippen molar-refractivity contribution in [2.24, 2.45) is 0 Å². The van der Waals surface area contributed by atoms with Crippen LogP contribution in [0, 0.1) is 0 Å². The molecule has 0 heterocycles. The van der Waals surface area contributed by atoms with Crippen molar-refractivity contribution in [3.63, 3.8) is 0 Å². The summed E-state index contributed by atoms with van der Waals surface area (Å²) in [5, 5.41) is 2.83. The van der Waals surface area contributed by atoms with Gasteiger partial charge < -0.3 is 10.1 Å². The third kappa shape index (κ3) is 4.20. The average molecular weight is 303 g/mol. The van der Waals surface area contributed by atoms with Crippen LogP contribution in [0.25, 0.3) is 11.1 Å². The van der Waals surface area contributed by atoms with Crippen LogP contribution in [0.4, 0.5) is 5.69 Å². The van der Waals surface area contributed by atoms with Crippen molar-refractivity contribution >= 4 is 11.6 Å². The maximum atomic E-state index is 11.9. The molecule has 0 saturated carbocycles. The zero-order valence-corrected chi connectivity index (χ0v) is 12.6. The van der Waals surface area contributed by atoms with Crippen LogP contribution in [-0.2, 0) is 4.79 Å². The molecule has 3 heteroatoms. The second-order valence-electron chi connectivity index (χ2n) is 5.09. The molecular formula is C20H17NO2. The Kier molecular flexibility index (Phi) is 4.69. The lowest BCUT2D eigenvalue weighted by atomic mass is 10.1. The first kappa shape index (κ1) is 14.9. The topological polar surface area (TPSA) is 38.3 Å². The minimum absolute atomic E-state index is 0.00947. The lowest BCUT2D eigenvalue weighted by Crippen LogP contribution is -2.20. The molecule has 0 saturated heterocycles. The summed E-state index contributed by atoms with van der Waals surface area (Å²) in [6, 6.07) is 27.2. The lowest BCUT2D eigenvalue weighted by molar-refractivity contribution is -0.118. The first-order chi connectivity index (χ1) is 11.3. The molecule has 0 unspecified atom stereocenters. The summed E-state index contributed by atoms with van der Waals surface area (Å²) in [4.78, 5) is 11.9. The molecule has 3 aromatic rings. The Balaban J connectivity index is 1.57. The Hall–Kier alpha value is -3.07. The van der Waals surface area contributed by atoms with E-state index in [-0.39, 0.29) is 12.5 Å². The third-order valence-corrected chi connectivity index (χ3v) is 3.39. The quantitative estimate of drug-likeness (QED) is 0.760. The zero-order chi connectivity index (χ0) is 15.9. The Morgan fingerprint density at radius 1 is 0.739 bits per heavy atom. The van der Waals surface area contributed by atoms with Crippen LogP contribution < -0.4 is 10.1 Å². The van der Waals surface area contributed by atoms with E-state index in [2.05, 4.69) is 17.4 Å². The number of carbonyl (C=O) groups excluding carboxylic acids is 1. The molecule has 1 N–H and O–H groups in total. The smallest absolute Gasteiger partial charge is 0.262 e. The third-order valence-electron chi connectivity index (χ3n) is 3.39. The first-order valence-corrected chi connectivity index (χ1v) is 7.44. The van der Waals surface area contributed by atoms with E-state index in [1.807, 2.05) is 72.8 Å². The Morgan fingerprint density at radius 2 is 1.30 bits per heavy atom. The fraction of sp³-hybridized carbons (Fsp3) is 0.0500. The van der Waals surface area contributed by atoms with E-state index in [0.717, 1.165) is 16.8 Å². The maximum Gasteiger partial charge on any atom is 0.262 e. The highest BCUT2D eigenvalue weighted by molar-refractivity contribution is 5.92. The lowest BCUT2D eigenvalue weighted by Gasteiger charge is -2.08. The molecule has 0 bridgehead atoms. The number of anilines is 1. The summed E-state index contributed by atoms with van der Waals surface area (Å²) in [6.07, 6.45) is 0. The van der Waals surface area contributed by atoms with Crippen molar-refractivity contribution in [3.8, 4) is 16.9 Å². The number of ether oxygens (including phenoxy) is 1. The van der Waals surface area contributed by atoms with E-state index in [4.69, 9.17) is 4.74 Å². The van der Waals surface area contributed by atoms with Crippen LogP contribution in [0.5, 0.6) is 5.75 Å². The predicted octanol–water partition coefficient (Wildman–Crippen LogP) is 4.37. The fourth-order valence-corrected chi connectivity index (χ4v) is 2.24. The number of rotatable bonds is 5. The van der Waals surface area contributed by atoms with Crippen LogP contribution in [0.15, 0.2) is 84.9 Å². The van der Waals surface area contributed by atoms with Gasteiger partial charge in [-0.3, -0.25) is 4.79 Å². The molecule has 0 radical (unpaired) electrons.